The summed E-state index contributed by atoms with van der Waals surface area (Å²) < 4.78 is 39.5. The van der Waals surface area contributed by atoms with Gasteiger partial charge in [0.1, 0.15) is 0 Å². The molecule has 0 heterocycles. The predicted octanol–water partition coefficient (Wildman–Crippen LogP) is 4.19. The lowest BCUT2D eigenvalue weighted by atomic mass is 9.89. The van der Waals surface area contributed by atoms with E-state index < -0.39 is 17.7 Å². The fraction of sp³-hybridized carbons (Fsp3) is 0.588. The molecule has 0 aliphatic heterocycles. The standard InChI is InChI=1S/C17H22F3NO2/c18-17(19,20)14-8-2-1-6-12(14)13-7-5-9-15(13)21-11-4-3-10-16(22)23/h1-2,6,8,13,15,21H,3-5,7,9-11H2,(H,22,23). The number of nitrogens with one attached hydrogen (secondary N) is 1. The number of carboxylic acid groups (broad SMARTS) is 1. The van der Waals surface area contributed by atoms with E-state index in [0.29, 0.717) is 18.5 Å². The van der Waals surface area contributed by atoms with Crippen LogP contribution >= 0.6 is 0 Å². The summed E-state index contributed by atoms with van der Waals surface area (Å²) >= 11 is 0. The topological polar surface area (TPSA) is 49.3 Å². The normalized spacial score (nSPS) is 21.5. The molecule has 0 aromatic heterocycles. The molecule has 2 N–H and O–H groups in total. The summed E-state index contributed by atoms with van der Waals surface area (Å²) in [7, 11) is 0. The number of unbranched alkanes of at least 4 members (excludes halogenated alkanes) is 1. The lowest BCUT2D eigenvalue weighted by Crippen LogP contribution is -2.33. The van der Waals surface area contributed by atoms with Gasteiger partial charge in [-0.3, -0.25) is 4.79 Å². The predicted molar refractivity (Wildman–Crippen MR) is 81.3 cm³/mol. The van der Waals surface area contributed by atoms with Crippen LogP contribution in [0.15, 0.2) is 24.3 Å². The summed E-state index contributed by atoms with van der Waals surface area (Å²) in [4.78, 5) is 10.5. The van der Waals surface area contributed by atoms with Gasteiger partial charge in [0.25, 0.3) is 0 Å². The smallest absolute Gasteiger partial charge is 0.416 e. The van der Waals surface area contributed by atoms with E-state index in [4.69, 9.17) is 5.11 Å². The zero-order chi connectivity index (χ0) is 16.9. The van der Waals surface area contributed by atoms with Crippen molar-refractivity contribution in [3.05, 3.63) is 35.4 Å². The van der Waals surface area contributed by atoms with Crippen LogP contribution in [-0.2, 0) is 11.0 Å². The van der Waals surface area contributed by atoms with Crippen LogP contribution < -0.4 is 5.32 Å². The number of halogens is 3. The van der Waals surface area contributed by atoms with Crippen LogP contribution in [0.2, 0.25) is 0 Å². The Bertz CT molecular complexity index is 531. The van der Waals surface area contributed by atoms with Gasteiger partial charge in [-0.15, -0.1) is 0 Å². The molecule has 0 spiro atoms. The molecule has 3 nitrogen and oxygen atoms in total. The molecule has 128 valence electrons. The van der Waals surface area contributed by atoms with Crippen LogP contribution in [0, 0.1) is 0 Å². The Morgan fingerprint density at radius 1 is 1.22 bits per heavy atom. The van der Waals surface area contributed by atoms with Crippen LogP contribution in [0.1, 0.15) is 55.6 Å². The summed E-state index contributed by atoms with van der Waals surface area (Å²) in [6, 6.07) is 5.85. The summed E-state index contributed by atoms with van der Waals surface area (Å²) in [5, 5.41) is 11.9. The monoisotopic (exact) mass is 329 g/mol. The quantitative estimate of drug-likeness (QED) is 0.738. The van der Waals surface area contributed by atoms with Crippen molar-refractivity contribution < 1.29 is 23.1 Å². The maximum absolute atomic E-state index is 13.2. The fourth-order valence-corrected chi connectivity index (χ4v) is 3.34. The molecule has 1 fully saturated rings. The van der Waals surface area contributed by atoms with Crippen molar-refractivity contribution in [1.82, 2.24) is 5.32 Å². The average Bonchev–Trinajstić information content (AvgIpc) is 2.94. The first-order valence-electron chi connectivity index (χ1n) is 8.01. The van der Waals surface area contributed by atoms with Gasteiger partial charge < -0.3 is 10.4 Å². The molecule has 1 aromatic carbocycles. The number of benzene rings is 1. The summed E-state index contributed by atoms with van der Waals surface area (Å²) in [5.41, 5.74) is -0.162. The molecule has 0 bridgehead atoms. The summed E-state index contributed by atoms with van der Waals surface area (Å²) in [6.07, 6.45) is -0.382. The van der Waals surface area contributed by atoms with Gasteiger partial charge in [-0.2, -0.15) is 13.2 Å². The Morgan fingerprint density at radius 2 is 1.96 bits per heavy atom. The Labute approximate surface area is 133 Å². The van der Waals surface area contributed by atoms with Crippen LogP contribution in [0.3, 0.4) is 0 Å². The Morgan fingerprint density at radius 3 is 2.65 bits per heavy atom. The molecular weight excluding hydrogens is 307 g/mol. The number of hydrogen-bond acceptors (Lipinski definition) is 2. The van der Waals surface area contributed by atoms with Crippen molar-refractivity contribution in [2.75, 3.05) is 6.54 Å². The number of aliphatic carboxylic acids is 1. The first kappa shape index (κ1) is 17.8. The fourth-order valence-electron chi connectivity index (χ4n) is 3.34. The zero-order valence-electron chi connectivity index (χ0n) is 12.9. The van der Waals surface area contributed by atoms with Crippen molar-refractivity contribution in [2.45, 2.75) is 56.7 Å². The zero-order valence-corrected chi connectivity index (χ0v) is 12.9. The van der Waals surface area contributed by atoms with E-state index in [1.807, 2.05) is 0 Å². The highest BCUT2D eigenvalue weighted by Crippen LogP contribution is 2.41. The second-order valence-corrected chi connectivity index (χ2v) is 6.03. The number of rotatable bonds is 7. The number of carbonyl (C=O) groups is 1. The largest absolute Gasteiger partial charge is 0.481 e. The van der Waals surface area contributed by atoms with Crippen molar-refractivity contribution in [2.24, 2.45) is 0 Å². The van der Waals surface area contributed by atoms with E-state index in [1.54, 1.807) is 12.1 Å². The third-order valence-corrected chi connectivity index (χ3v) is 4.41. The third kappa shape index (κ3) is 4.96. The lowest BCUT2D eigenvalue weighted by Gasteiger charge is -2.24. The minimum absolute atomic E-state index is 0.0309. The molecule has 6 heteroatoms. The molecule has 2 unspecified atom stereocenters. The van der Waals surface area contributed by atoms with E-state index in [-0.39, 0.29) is 18.4 Å². The Kier molecular flexibility index (Phi) is 6.04. The van der Waals surface area contributed by atoms with Gasteiger partial charge in [0.15, 0.2) is 0 Å². The Hall–Kier alpha value is -1.56. The number of hydrogen-bond donors (Lipinski definition) is 2. The minimum Gasteiger partial charge on any atom is -0.481 e. The molecule has 1 aliphatic rings. The van der Waals surface area contributed by atoms with Crippen molar-refractivity contribution in [1.29, 1.82) is 0 Å². The Balaban J connectivity index is 1.98. The highest BCUT2D eigenvalue weighted by molar-refractivity contribution is 5.66. The van der Waals surface area contributed by atoms with Crippen molar-refractivity contribution >= 4 is 5.97 Å². The maximum Gasteiger partial charge on any atom is 0.416 e. The maximum atomic E-state index is 13.2. The second kappa shape index (κ2) is 7.81. The number of carboxylic acids is 1. The van der Waals surface area contributed by atoms with Gasteiger partial charge in [0.2, 0.25) is 0 Å². The first-order valence-corrected chi connectivity index (χ1v) is 8.01. The molecule has 0 saturated heterocycles. The van der Waals surface area contributed by atoms with Gasteiger partial charge in [-0.1, -0.05) is 24.6 Å². The molecule has 2 atom stereocenters. The van der Waals surface area contributed by atoms with Gasteiger partial charge >= 0.3 is 12.1 Å². The summed E-state index contributed by atoms with van der Waals surface area (Å²) in [5.74, 6) is -0.949. The van der Waals surface area contributed by atoms with Crippen LogP contribution in [-0.4, -0.2) is 23.7 Å². The van der Waals surface area contributed by atoms with Crippen LogP contribution in [0.4, 0.5) is 13.2 Å². The van der Waals surface area contributed by atoms with Gasteiger partial charge in [-0.05, 0) is 49.8 Å². The third-order valence-electron chi connectivity index (χ3n) is 4.41. The van der Waals surface area contributed by atoms with E-state index in [2.05, 4.69) is 5.32 Å². The highest BCUT2D eigenvalue weighted by Gasteiger charge is 2.38. The lowest BCUT2D eigenvalue weighted by molar-refractivity contribution is -0.138. The second-order valence-electron chi connectivity index (χ2n) is 6.03. The molecule has 0 radical (unpaired) electrons. The minimum atomic E-state index is -4.33. The molecule has 2 rings (SSSR count). The molecule has 0 amide bonds. The number of alkyl halides is 3. The van der Waals surface area contributed by atoms with Crippen molar-refractivity contribution in [3.8, 4) is 0 Å². The van der Waals surface area contributed by atoms with Gasteiger partial charge in [0.05, 0.1) is 5.56 Å². The molecule has 1 aliphatic carbocycles. The molecular formula is C17H22F3NO2. The van der Waals surface area contributed by atoms with Crippen molar-refractivity contribution in [3.63, 3.8) is 0 Å². The highest BCUT2D eigenvalue weighted by atomic mass is 19.4. The average molecular weight is 329 g/mol. The molecule has 1 aromatic rings. The van der Waals surface area contributed by atoms with E-state index in [9.17, 15) is 18.0 Å². The SMILES string of the molecule is O=C(O)CCCCNC1CCCC1c1ccccc1C(F)(F)F. The van der Waals surface area contributed by atoms with E-state index in [1.165, 1.54) is 6.07 Å². The summed E-state index contributed by atoms with van der Waals surface area (Å²) in [6.45, 7) is 0.641. The van der Waals surface area contributed by atoms with Gasteiger partial charge in [0, 0.05) is 12.5 Å². The van der Waals surface area contributed by atoms with Crippen LogP contribution in [0.5, 0.6) is 0 Å². The molecule has 23 heavy (non-hydrogen) atoms. The van der Waals surface area contributed by atoms with E-state index >= 15 is 0 Å². The van der Waals surface area contributed by atoms with Gasteiger partial charge in [-0.25, -0.2) is 0 Å². The first-order chi connectivity index (χ1) is 10.9. The van der Waals surface area contributed by atoms with E-state index in [0.717, 1.165) is 31.7 Å². The molecule has 1 saturated carbocycles. The van der Waals surface area contributed by atoms with Crippen LogP contribution in [0.25, 0.3) is 0 Å².